The average molecular weight is 339 g/mol. The summed E-state index contributed by atoms with van der Waals surface area (Å²) in [5, 5.41) is 9.40. The maximum atomic E-state index is 11.7. The Labute approximate surface area is 128 Å². The van der Waals surface area contributed by atoms with E-state index in [4.69, 9.17) is 4.74 Å². The smallest absolute Gasteiger partial charge is 0.306 e. The summed E-state index contributed by atoms with van der Waals surface area (Å²) >= 11 is 3.31. The second-order valence-electron chi connectivity index (χ2n) is 5.89. The average Bonchev–Trinajstić information content (AvgIpc) is 2.35. The van der Waals surface area contributed by atoms with Gasteiger partial charge in [0.15, 0.2) is 0 Å². The normalized spacial score (nSPS) is 14.2. The Balaban J connectivity index is 2.74. The van der Waals surface area contributed by atoms with Crippen LogP contribution in [-0.4, -0.2) is 16.6 Å². The van der Waals surface area contributed by atoms with Crippen LogP contribution in [-0.2, 0) is 14.9 Å². The van der Waals surface area contributed by atoms with Crippen LogP contribution in [0.25, 0.3) is 0 Å². The molecule has 5 heteroatoms. The Morgan fingerprint density at radius 1 is 1.40 bits per heavy atom. The lowest BCUT2D eigenvalue weighted by atomic mass is 9.83. The number of nitriles is 1. The predicted molar refractivity (Wildman–Crippen MR) is 80.0 cm³/mol. The Morgan fingerprint density at radius 2 is 2.05 bits per heavy atom. The first-order valence-electron chi connectivity index (χ1n) is 6.41. The maximum Gasteiger partial charge on any atom is 0.306 e. The molecule has 0 saturated carbocycles. The summed E-state index contributed by atoms with van der Waals surface area (Å²) in [6.07, 6.45) is 2.23. The highest BCUT2D eigenvalue weighted by molar-refractivity contribution is 9.10. The van der Waals surface area contributed by atoms with Crippen molar-refractivity contribution in [3.8, 4) is 6.07 Å². The second kappa shape index (κ2) is 6.36. The van der Waals surface area contributed by atoms with Gasteiger partial charge in [-0.2, -0.15) is 5.26 Å². The standard InChI is InChI=1S/C15H19BrN2O2/c1-14(2,3)20-13(19)7-8-15(4,10-17)12-6-5-11(16)9-18-12/h5-6,9H,7-8H2,1-4H3. The number of hydrogen-bond donors (Lipinski definition) is 0. The Kier molecular flexibility index (Phi) is 5.29. The van der Waals surface area contributed by atoms with Crippen LogP contribution < -0.4 is 0 Å². The van der Waals surface area contributed by atoms with E-state index in [0.717, 1.165) is 4.47 Å². The first-order chi connectivity index (χ1) is 9.16. The van der Waals surface area contributed by atoms with Gasteiger partial charge in [-0.3, -0.25) is 9.78 Å². The number of esters is 1. The lowest BCUT2D eigenvalue weighted by molar-refractivity contribution is -0.155. The zero-order chi connectivity index (χ0) is 15.4. The van der Waals surface area contributed by atoms with Crippen LogP contribution in [0.1, 0.15) is 46.2 Å². The number of carbonyl (C=O) groups excluding carboxylic acids is 1. The molecule has 0 bridgehead atoms. The van der Waals surface area contributed by atoms with Gasteiger partial charge < -0.3 is 4.74 Å². The molecule has 0 aliphatic carbocycles. The molecule has 1 rings (SSSR count). The number of nitrogens with zero attached hydrogens (tertiary/aromatic N) is 2. The van der Waals surface area contributed by atoms with Gasteiger partial charge in [-0.1, -0.05) is 0 Å². The van der Waals surface area contributed by atoms with E-state index in [1.54, 1.807) is 19.2 Å². The number of carbonyl (C=O) groups is 1. The predicted octanol–water partition coefficient (Wildman–Crippen LogP) is 3.75. The quantitative estimate of drug-likeness (QED) is 0.784. The van der Waals surface area contributed by atoms with Gasteiger partial charge in [-0.15, -0.1) is 0 Å². The van der Waals surface area contributed by atoms with Crippen molar-refractivity contribution in [1.82, 2.24) is 4.98 Å². The Bertz CT molecular complexity index is 514. The first kappa shape index (κ1) is 16.6. The van der Waals surface area contributed by atoms with Gasteiger partial charge in [0.05, 0.1) is 17.2 Å². The molecule has 4 nitrogen and oxygen atoms in total. The van der Waals surface area contributed by atoms with Gasteiger partial charge in [-0.25, -0.2) is 0 Å². The van der Waals surface area contributed by atoms with E-state index < -0.39 is 11.0 Å². The molecule has 0 aliphatic rings. The van der Waals surface area contributed by atoms with Crippen LogP contribution in [0, 0.1) is 11.3 Å². The Morgan fingerprint density at radius 3 is 2.50 bits per heavy atom. The van der Waals surface area contributed by atoms with Gasteiger partial charge in [-0.05, 0) is 62.2 Å². The van der Waals surface area contributed by atoms with Crippen molar-refractivity contribution in [3.05, 3.63) is 28.5 Å². The fourth-order valence-corrected chi connectivity index (χ4v) is 1.92. The minimum atomic E-state index is -0.794. The third kappa shape index (κ3) is 4.93. The maximum absolute atomic E-state index is 11.7. The van der Waals surface area contributed by atoms with Crippen LogP contribution >= 0.6 is 15.9 Å². The fourth-order valence-electron chi connectivity index (χ4n) is 1.69. The zero-order valence-electron chi connectivity index (χ0n) is 12.2. The number of rotatable bonds is 4. The molecule has 0 amide bonds. The van der Waals surface area contributed by atoms with Crippen molar-refractivity contribution in [2.24, 2.45) is 0 Å². The van der Waals surface area contributed by atoms with E-state index in [-0.39, 0.29) is 12.4 Å². The third-order valence-electron chi connectivity index (χ3n) is 2.79. The Hall–Kier alpha value is -1.41. The highest BCUT2D eigenvalue weighted by Crippen LogP contribution is 2.28. The SMILES string of the molecule is CC(C)(C)OC(=O)CCC(C)(C#N)c1ccc(Br)cn1. The number of hydrogen-bond acceptors (Lipinski definition) is 4. The summed E-state index contributed by atoms with van der Waals surface area (Å²) in [6.45, 7) is 7.26. The zero-order valence-corrected chi connectivity index (χ0v) is 13.8. The molecule has 1 unspecified atom stereocenters. The summed E-state index contributed by atoms with van der Waals surface area (Å²) < 4.78 is 6.11. The minimum Gasteiger partial charge on any atom is -0.460 e. The monoisotopic (exact) mass is 338 g/mol. The molecule has 20 heavy (non-hydrogen) atoms. The molecule has 0 radical (unpaired) electrons. The van der Waals surface area contributed by atoms with E-state index >= 15 is 0 Å². The summed E-state index contributed by atoms with van der Waals surface area (Å²) in [6, 6.07) is 5.88. The van der Waals surface area contributed by atoms with E-state index in [0.29, 0.717) is 12.1 Å². The lowest BCUT2D eigenvalue weighted by Gasteiger charge is -2.23. The van der Waals surface area contributed by atoms with Gasteiger partial charge in [0.25, 0.3) is 0 Å². The van der Waals surface area contributed by atoms with Gasteiger partial charge >= 0.3 is 5.97 Å². The van der Waals surface area contributed by atoms with Crippen molar-refractivity contribution in [2.45, 2.75) is 51.6 Å². The topological polar surface area (TPSA) is 63.0 Å². The van der Waals surface area contributed by atoms with E-state index in [1.165, 1.54) is 0 Å². The highest BCUT2D eigenvalue weighted by atomic mass is 79.9. The van der Waals surface area contributed by atoms with Gasteiger partial charge in [0.2, 0.25) is 0 Å². The van der Waals surface area contributed by atoms with Crippen molar-refractivity contribution in [2.75, 3.05) is 0 Å². The summed E-state index contributed by atoms with van der Waals surface area (Å²) in [4.78, 5) is 16.0. The molecular formula is C15H19BrN2O2. The van der Waals surface area contributed by atoms with Crippen LogP contribution in [0.3, 0.4) is 0 Å². The van der Waals surface area contributed by atoms with Crippen LogP contribution in [0.15, 0.2) is 22.8 Å². The molecule has 1 heterocycles. The minimum absolute atomic E-state index is 0.194. The molecule has 1 atom stereocenters. The van der Waals surface area contributed by atoms with E-state index in [2.05, 4.69) is 27.0 Å². The van der Waals surface area contributed by atoms with Crippen molar-refractivity contribution >= 4 is 21.9 Å². The molecule has 0 aliphatic heterocycles. The molecule has 0 saturated heterocycles. The largest absolute Gasteiger partial charge is 0.460 e. The van der Waals surface area contributed by atoms with Crippen LogP contribution in [0.4, 0.5) is 0 Å². The highest BCUT2D eigenvalue weighted by Gasteiger charge is 2.29. The molecule has 0 fully saturated rings. The van der Waals surface area contributed by atoms with Crippen molar-refractivity contribution < 1.29 is 9.53 Å². The van der Waals surface area contributed by atoms with Gasteiger partial charge in [0, 0.05) is 17.1 Å². The second-order valence-corrected chi connectivity index (χ2v) is 6.81. The molecule has 108 valence electrons. The molecular weight excluding hydrogens is 320 g/mol. The van der Waals surface area contributed by atoms with E-state index in [1.807, 2.05) is 26.8 Å². The van der Waals surface area contributed by atoms with E-state index in [9.17, 15) is 10.1 Å². The molecule has 0 aromatic carbocycles. The summed E-state index contributed by atoms with van der Waals surface area (Å²) in [7, 11) is 0. The molecule has 0 N–H and O–H groups in total. The van der Waals surface area contributed by atoms with Crippen molar-refractivity contribution in [1.29, 1.82) is 5.26 Å². The fraction of sp³-hybridized carbons (Fsp3) is 0.533. The number of pyridine rings is 1. The summed E-state index contributed by atoms with van der Waals surface area (Å²) in [5.41, 5.74) is -0.639. The van der Waals surface area contributed by atoms with Gasteiger partial charge in [0.1, 0.15) is 5.60 Å². The third-order valence-corrected chi connectivity index (χ3v) is 3.26. The first-order valence-corrected chi connectivity index (χ1v) is 7.21. The number of halogens is 1. The summed E-state index contributed by atoms with van der Waals surface area (Å²) in [5.74, 6) is -0.295. The molecule has 0 spiro atoms. The lowest BCUT2D eigenvalue weighted by Crippen LogP contribution is -2.27. The number of ether oxygens (including phenoxy) is 1. The van der Waals surface area contributed by atoms with Crippen molar-refractivity contribution in [3.63, 3.8) is 0 Å². The number of aromatic nitrogens is 1. The van der Waals surface area contributed by atoms with Crippen LogP contribution in [0.5, 0.6) is 0 Å². The van der Waals surface area contributed by atoms with Crippen LogP contribution in [0.2, 0.25) is 0 Å². The molecule has 1 aromatic heterocycles. The molecule has 1 aromatic rings.